The zero-order chi connectivity index (χ0) is 10.1. The summed E-state index contributed by atoms with van der Waals surface area (Å²) in [5.41, 5.74) is 0.395. The Kier molecular flexibility index (Phi) is 3.29. The summed E-state index contributed by atoms with van der Waals surface area (Å²) < 4.78 is 21.7. The van der Waals surface area contributed by atoms with Crippen LogP contribution in [0.1, 0.15) is 39.5 Å². The van der Waals surface area contributed by atoms with Gasteiger partial charge in [-0.3, -0.25) is 0 Å². The van der Waals surface area contributed by atoms with Crippen molar-refractivity contribution < 1.29 is 8.42 Å². The van der Waals surface area contributed by atoms with Crippen LogP contribution in [-0.2, 0) is 9.05 Å². The SMILES string of the molecule is CC1(C)CCC(CS(=O)(=O)Cl)CC1. The zero-order valence-electron chi connectivity index (χ0n) is 8.22. The maximum Gasteiger partial charge on any atom is 0.232 e. The summed E-state index contributed by atoms with van der Waals surface area (Å²) in [5, 5.41) is 0. The molecule has 0 aromatic rings. The maximum absolute atomic E-state index is 10.8. The van der Waals surface area contributed by atoms with Gasteiger partial charge in [0, 0.05) is 10.7 Å². The summed E-state index contributed by atoms with van der Waals surface area (Å²) in [6.07, 6.45) is 4.23. The number of halogens is 1. The van der Waals surface area contributed by atoms with Crippen LogP contribution in [-0.4, -0.2) is 14.2 Å². The van der Waals surface area contributed by atoms with E-state index in [1.54, 1.807) is 0 Å². The van der Waals surface area contributed by atoms with Gasteiger partial charge in [-0.25, -0.2) is 8.42 Å². The second-order valence-electron chi connectivity index (χ2n) is 4.81. The Morgan fingerprint density at radius 3 is 2.15 bits per heavy atom. The van der Waals surface area contributed by atoms with Crippen molar-refractivity contribution in [3.05, 3.63) is 0 Å². The molecule has 1 aliphatic rings. The Morgan fingerprint density at radius 2 is 1.77 bits per heavy atom. The van der Waals surface area contributed by atoms with E-state index in [1.165, 1.54) is 0 Å². The second-order valence-corrected chi connectivity index (χ2v) is 7.63. The molecular formula is C9H17ClO2S. The average Bonchev–Trinajstić information content (AvgIpc) is 1.91. The molecule has 0 heterocycles. The summed E-state index contributed by atoms with van der Waals surface area (Å²) in [6, 6.07) is 0. The Morgan fingerprint density at radius 1 is 1.31 bits per heavy atom. The van der Waals surface area contributed by atoms with Crippen LogP contribution in [0.15, 0.2) is 0 Å². The molecule has 0 aliphatic heterocycles. The normalized spacial score (nSPS) is 24.5. The van der Waals surface area contributed by atoms with Gasteiger partial charge in [-0.2, -0.15) is 0 Å². The standard InChI is InChI=1S/C9H17ClO2S/c1-9(2)5-3-8(4-6-9)7-13(10,11)12/h8H,3-7H2,1-2H3. The van der Waals surface area contributed by atoms with Crippen LogP contribution in [0.4, 0.5) is 0 Å². The molecule has 1 aliphatic carbocycles. The van der Waals surface area contributed by atoms with Gasteiger partial charge in [-0.1, -0.05) is 13.8 Å². The van der Waals surface area contributed by atoms with Gasteiger partial charge in [-0.05, 0) is 37.0 Å². The van der Waals surface area contributed by atoms with Gasteiger partial charge in [-0.15, -0.1) is 0 Å². The van der Waals surface area contributed by atoms with Crippen molar-refractivity contribution >= 4 is 19.7 Å². The Hall–Kier alpha value is 0.240. The fraction of sp³-hybridized carbons (Fsp3) is 1.00. The summed E-state index contributed by atoms with van der Waals surface area (Å²) in [7, 11) is 1.92. The fourth-order valence-electron chi connectivity index (χ4n) is 1.91. The van der Waals surface area contributed by atoms with E-state index in [2.05, 4.69) is 13.8 Å². The lowest BCUT2D eigenvalue weighted by Crippen LogP contribution is -2.24. The van der Waals surface area contributed by atoms with E-state index in [0.29, 0.717) is 5.41 Å². The van der Waals surface area contributed by atoms with E-state index in [1.807, 2.05) is 0 Å². The summed E-state index contributed by atoms with van der Waals surface area (Å²) >= 11 is 0. The predicted molar refractivity (Wildman–Crippen MR) is 55.4 cm³/mol. The molecule has 0 aromatic heterocycles. The van der Waals surface area contributed by atoms with Crippen molar-refractivity contribution in [2.24, 2.45) is 11.3 Å². The van der Waals surface area contributed by atoms with Crippen LogP contribution < -0.4 is 0 Å². The van der Waals surface area contributed by atoms with Crippen LogP contribution in [0.2, 0.25) is 0 Å². The molecule has 0 atom stereocenters. The van der Waals surface area contributed by atoms with Crippen molar-refractivity contribution in [2.75, 3.05) is 5.75 Å². The van der Waals surface area contributed by atoms with Gasteiger partial charge in [0.15, 0.2) is 0 Å². The van der Waals surface area contributed by atoms with Gasteiger partial charge in [0.25, 0.3) is 0 Å². The lowest BCUT2D eigenvalue weighted by molar-refractivity contribution is 0.202. The molecule has 0 unspecified atom stereocenters. The Balaban J connectivity index is 2.43. The van der Waals surface area contributed by atoms with Crippen molar-refractivity contribution in [1.82, 2.24) is 0 Å². The Bertz CT molecular complexity index is 259. The van der Waals surface area contributed by atoms with Crippen LogP contribution in [0.5, 0.6) is 0 Å². The van der Waals surface area contributed by atoms with E-state index in [9.17, 15) is 8.42 Å². The van der Waals surface area contributed by atoms with Crippen molar-refractivity contribution in [2.45, 2.75) is 39.5 Å². The Labute approximate surface area is 85.1 Å². The first-order valence-corrected chi connectivity index (χ1v) is 7.19. The topological polar surface area (TPSA) is 34.1 Å². The quantitative estimate of drug-likeness (QED) is 0.676. The first-order chi connectivity index (χ1) is 5.79. The lowest BCUT2D eigenvalue weighted by atomic mass is 9.74. The van der Waals surface area contributed by atoms with E-state index < -0.39 is 9.05 Å². The van der Waals surface area contributed by atoms with Crippen LogP contribution in [0.3, 0.4) is 0 Å². The zero-order valence-corrected chi connectivity index (χ0v) is 9.79. The maximum atomic E-state index is 10.8. The van der Waals surface area contributed by atoms with E-state index in [4.69, 9.17) is 10.7 Å². The third-order valence-electron chi connectivity index (χ3n) is 2.89. The van der Waals surface area contributed by atoms with E-state index >= 15 is 0 Å². The van der Waals surface area contributed by atoms with Crippen molar-refractivity contribution in [3.63, 3.8) is 0 Å². The molecule has 1 fully saturated rings. The van der Waals surface area contributed by atoms with Crippen LogP contribution in [0, 0.1) is 11.3 Å². The van der Waals surface area contributed by atoms with Crippen LogP contribution >= 0.6 is 10.7 Å². The number of hydrogen-bond acceptors (Lipinski definition) is 2. The lowest BCUT2D eigenvalue weighted by Gasteiger charge is -2.33. The molecule has 4 heteroatoms. The van der Waals surface area contributed by atoms with Gasteiger partial charge < -0.3 is 0 Å². The molecule has 0 saturated heterocycles. The van der Waals surface area contributed by atoms with E-state index in [0.717, 1.165) is 25.7 Å². The summed E-state index contributed by atoms with van der Waals surface area (Å²) in [6.45, 7) is 4.47. The predicted octanol–water partition coefficient (Wildman–Crippen LogP) is 2.77. The molecule has 0 radical (unpaired) electrons. The first kappa shape index (κ1) is 11.3. The molecule has 13 heavy (non-hydrogen) atoms. The monoisotopic (exact) mass is 224 g/mol. The van der Waals surface area contributed by atoms with E-state index in [-0.39, 0.29) is 11.7 Å². The molecule has 1 saturated carbocycles. The largest absolute Gasteiger partial charge is 0.232 e. The molecule has 2 nitrogen and oxygen atoms in total. The molecule has 0 bridgehead atoms. The minimum atomic E-state index is -3.29. The van der Waals surface area contributed by atoms with Crippen molar-refractivity contribution in [3.8, 4) is 0 Å². The molecule has 0 N–H and O–H groups in total. The van der Waals surface area contributed by atoms with Gasteiger partial charge in [0.2, 0.25) is 9.05 Å². The van der Waals surface area contributed by atoms with Crippen LogP contribution in [0.25, 0.3) is 0 Å². The second kappa shape index (κ2) is 3.77. The highest BCUT2D eigenvalue weighted by Crippen LogP contribution is 2.38. The molecule has 78 valence electrons. The summed E-state index contributed by atoms with van der Waals surface area (Å²) in [4.78, 5) is 0. The smallest absolute Gasteiger partial charge is 0.212 e. The fourth-order valence-corrected chi connectivity index (χ4v) is 3.34. The average molecular weight is 225 g/mol. The minimum absolute atomic E-state index is 0.157. The minimum Gasteiger partial charge on any atom is -0.212 e. The molecule has 0 spiro atoms. The molecule has 0 amide bonds. The number of rotatable bonds is 2. The van der Waals surface area contributed by atoms with Crippen molar-refractivity contribution in [1.29, 1.82) is 0 Å². The number of hydrogen-bond donors (Lipinski definition) is 0. The highest BCUT2D eigenvalue weighted by atomic mass is 35.7. The summed E-state index contributed by atoms with van der Waals surface area (Å²) in [5.74, 6) is 0.445. The molecular weight excluding hydrogens is 208 g/mol. The third kappa shape index (κ3) is 4.32. The third-order valence-corrected chi connectivity index (χ3v) is 4.14. The molecule has 1 rings (SSSR count). The highest BCUT2D eigenvalue weighted by molar-refractivity contribution is 8.13. The first-order valence-electron chi connectivity index (χ1n) is 4.71. The highest BCUT2D eigenvalue weighted by Gasteiger charge is 2.28. The van der Waals surface area contributed by atoms with Gasteiger partial charge in [0.1, 0.15) is 0 Å². The van der Waals surface area contributed by atoms with Gasteiger partial charge >= 0.3 is 0 Å². The molecule has 0 aromatic carbocycles. The van der Waals surface area contributed by atoms with Gasteiger partial charge in [0.05, 0.1) is 5.75 Å².